The molecule has 6 rings (SSSR count). The Morgan fingerprint density at radius 3 is 2.56 bits per heavy atom. The van der Waals surface area contributed by atoms with Crippen molar-refractivity contribution in [2.75, 3.05) is 44.4 Å². The van der Waals surface area contributed by atoms with Gasteiger partial charge < -0.3 is 18.9 Å². The molecule has 212 valence electrons. The van der Waals surface area contributed by atoms with Crippen molar-refractivity contribution in [1.29, 1.82) is 0 Å². The summed E-state index contributed by atoms with van der Waals surface area (Å²) in [5, 5.41) is 1.54. The average Bonchev–Trinajstić information content (AvgIpc) is 3.48. The van der Waals surface area contributed by atoms with Crippen LogP contribution in [0.15, 0.2) is 77.8 Å². The fourth-order valence-electron chi connectivity index (χ4n) is 5.43. The number of likely N-dealkylation sites (N-methyl/N-ethyl adjacent to an activating group) is 1. The first-order valence-corrected chi connectivity index (χ1v) is 15.4. The number of fused-ring (bicyclic) bond motifs is 2. The van der Waals surface area contributed by atoms with Crippen LogP contribution in [0.4, 0.5) is 5.69 Å². The van der Waals surface area contributed by atoms with Crippen LogP contribution in [-0.2, 0) is 26.1 Å². The van der Waals surface area contributed by atoms with Gasteiger partial charge in [0.15, 0.2) is 0 Å². The van der Waals surface area contributed by atoms with Crippen molar-refractivity contribution >= 4 is 55.8 Å². The first-order chi connectivity index (χ1) is 19.9. The van der Waals surface area contributed by atoms with Crippen LogP contribution in [0.3, 0.4) is 0 Å². The fraction of sp³-hybridized carbons (Fsp3) is 0.258. The maximum absolute atomic E-state index is 13.6. The van der Waals surface area contributed by atoms with Crippen LogP contribution in [-0.4, -0.2) is 62.7 Å². The highest BCUT2D eigenvalue weighted by Gasteiger charge is 2.34. The lowest BCUT2D eigenvalue weighted by atomic mass is 10.0. The van der Waals surface area contributed by atoms with Gasteiger partial charge in [-0.25, -0.2) is 8.42 Å². The lowest BCUT2D eigenvalue weighted by Crippen LogP contribution is -2.40. The van der Waals surface area contributed by atoms with Crippen LogP contribution < -0.4 is 9.64 Å². The summed E-state index contributed by atoms with van der Waals surface area (Å²) in [6, 6.07) is 20.3. The van der Waals surface area contributed by atoms with Crippen LogP contribution in [0.5, 0.6) is 5.75 Å². The number of aromatic nitrogens is 1. The molecule has 0 atom stereocenters. The zero-order valence-corrected chi connectivity index (χ0v) is 24.2. The van der Waals surface area contributed by atoms with Gasteiger partial charge in [-0.05, 0) is 49.4 Å². The van der Waals surface area contributed by atoms with Gasteiger partial charge in [-0.2, -0.15) is 4.31 Å². The van der Waals surface area contributed by atoms with Crippen molar-refractivity contribution in [3.8, 4) is 5.75 Å². The highest BCUT2D eigenvalue weighted by atomic mass is 35.5. The summed E-state index contributed by atoms with van der Waals surface area (Å²) in [7, 11) is -3.72. The summed E-state index contributed by atoms with van der Waals surface area (Å²) in [5.41, 5.74) is 3.67. The van der Waals surface area contributed by atoms with Crippen molar-refractivity contribution in [2.24, 2.45) is 0 Å². The third kappa shape index (κ3) is 5.15. The van der Waals surface area contributed by atoms with E-state index in [1.807, 2.05) is 61.7 Å². The van der Waals surface area contributed by atoms with Crippen LogP contribution in [0.1, 0.15) is 18.1 Å². The van der Waals surface area contributed by atoms with Gasteiger partial charge in [0.05, 0.1) is 35.4 Å². The van der Waals surface area contributed by atoms with Crippen molar-refractivity contribution in [1.82, 2.24) is 8.87 Å². The average molecular weight is 592 g/mol. The number of halogens is 1. The monoisotopic (exact) mass is 591 g/mol. The highest BCUT2D eigenvalue weighted by molar-refractivity contribution is 7.89. The number of sulfonamides is 1. The molecule has 0 aliphatic carbocycles. The summed E-state index contributed by atoms with van der Waals surface area (Å²) in [6.07, 6.45) is 3.87. The van der Waals surface area contributed by atoms with Crippen LogP contribution in [0.25, 0.3) is 22.6 Å². The Hall–Kier alpha value is -3.63. The van der Waals surface area contributed by atoms with E-state index >= 15 is 0 Å². The first kappa shape index (κ1) is 27.5. The number of morpholine rings is 1. The predicted molar refractivity (Wildman–Crippen MR) is 161 cm³/mol. The van der Waals surface area contributed by atoms with Crippen molar-refractivity contribution in [3.63, 3.8) is 0 Å². The molecule has 0 N–H and O–H groups in total. The zero-order valence-electron chi connectivity index (χ0n) is 22.6. The number of amides is 1. The van der Waals surface area contributed by atoms with Gasteiger partial charge in [-0.3, -0.25) is 4.79 Å². The quantitative estimate of drug-likeness (QED) is 0.260. The first-order valence-electron chi connectivity index (χ1n) is 13.6. The summed E-state index contributed by atoms with van der Waals surface area (Å²) in [5.74, 6) is 0.478. The van der Waals surface area contributed by atoms with Gasteiger partial charge in [-0.1, -0.05) is 41.9 Å². The molecule has 1 amide bonds. The molecule has 2 aliphatic heterocycles. The number of carbonyl (C=O) groups is 1. The summed E-state index contributed by atoms with van der Waals surface area (Å²) >= 11 is 6.24. The highest BCUT2D eigenvalue weighted by Crippen LogP contribution is 2.40. The lowest BCUT2D eigenvalue weighted by molar-refractivity contribution is -0.112. The molecule has 0 spiro atoms. The molecule has 0 bridgehead atoms. The number of anilines is 1. The van der Waals surface area contributed by atoms with E-state index in [2.05, 4.69) is 4.57 Å². The van der Waals surface area contributed by atoms with E-state index in [0.29, 0.717) is 73.6 Å². The third-order valence-corrected chi connectivity index (χ3v) is 9.70. The molecule has 0 saturated carbocycles. The van der Waals surface area contributed by atoms with Crippen LogP contribution in [0.2, 0.25) is 5.02 Å². The topological polar surface area (TPSA) is 81.1 Å². The Balaban J connectivity index is 1.36. The van der Waals surface area contributed by atoms with Gasteiger partial charge in [0.25, 0.3) is 5.91 Å². The maximum atomic E-state index is 13.6. The van der Waals surface area contributed by atoms with Gasteiger partial charge in [0.1, 0.15) is 12.4 Å². The predicted octanol–water partition coefficient (Wildman–Crippen LogP) is 5.30. The van der Waals surface area contributed by atoms with E-state index in [-0.39, 0.29) is 10.8 Å². The molecule has 10 heteroatoms. The smallest absolute Gasteiger partial charge is 0.258 e. The third-order valence-electron chi connectivity index (χ3n) is 7.49. The largest absolute Gasteiger partial charge is 0.490 e. The minimum absolute atomic E-state index is 0.151. The number of benzene rings is 3. The molecule has 4 aromatic rings. The van der Waals surface area contributed by atoms with E-state index in [9.17, 15) is 13.2 Å². The fourth-order valence-corrected chi connectivity index (χ4v) is 7.06. The molecule has 3 heterocycles. The number of hydrogen-bond donors (Lipinski definition) is 0. The number of carbonyl (C=O) groups excluding carboxylic acids is 1. The molecule has 1 saturated heterocycles. The second-order valence-corrected chi connectivity index (χ2v) is 12.2. The standard InChI is InChI=1S/C31H30ClN3O5S/c1-2-35-29-12-11-23(41(37,38)34-14-16-39-17-15-34)20-25(29)26(31(35)36)19-22-21-33(28-9-5-3-7-24(22)28)13-18-40-30-10-6-4-8-27(30)32/h3-12,19-21H,2,13-18H2,1H3. The van der Waals surface area contributed by atoms with Crippen molar-refractivity contribution in [3.05, 3.63) is 89.1 Å². The molecule has 41 heavy (non-hydrogen) atoms. The second-order valence-electron chi connectivity index (χ2n) is 9.88. The lowest BCUT2D eigenvalue weighted by Gasteiger charge is -2.26. The normalized spacial score (nSPS) is 17.0. The molecule has 1 aromatic heterocycles. The SMILES string of the molecule is CCN1C(=O)C(=Cc2cn(CCOc3ccccc3Cl)c3ccccc23)c2cc(S(=O)(=O)N3CCOCC3)ccc21. The number of rotatable bonds is 8. The van der Waals surface area contributed by atoms with Gasteiger partial charge in [0.2, 0.25) is 10.0 Å². The summed E-state index contributed by atoms with van der Waals surface area (Å²) in [4.78, 5) is 15.5. The van der Waals surface area contributed by atoms with Crippen molar-refractivity contribution < 1.29 is 22.7 Å². The molecule has 2 aliphatic rings. The second kappa shape index (κ2) is 11.3. The molecule has 0 unspecified atom stereocenters. The molecular weight excluding hydrogens is 562 g/mol. The Morgan fingerprint density at radius 2 is 1.78 bits per heavy atom. The van der Waals surface area contributed by atoms with E-state index in [0.717, 1.165) is 16.5 Å². The maximum Gasteiger partial charge on any atom is 0.258 e. The van der Waals surface area contributed by atoms with E-state index < -0.39 is 10.0 Å². The van der Waals surface area contributed by atoms with Crippen LogP contribution in [0, 0.1) is 0 Å². The molecule has 0 radical (unpaired) electrons. The Kier molecular flexibility index (Phi) is 7.61. The number of ether oxygens (including phenoxy) is 2. The van der Waals surface area contributed by atoms with Gasteiger partial charge >= 0.3 is 0 Å². The molecular formula is C31H30ClN3O5S. The molecule has 3 aromatic carbocycles. The molecule has 1 fully saturated rings. The number of hydrogen-bond acceptors (Lipinski definition) is 5. The van der Waals surface area contributed by atoms with Crippen molar-refractivity contribution in [2.45, 2.75) is 18.4 Å². The van der Waals surface area contributed by atoms with E-state index in [1.54, 1.807) is 29.2 Å². The Morgan fingerprint density at radius 1 is 1.02 bits per heavy atom. The Labute approximate surface area is 244 Å². The number of para-hydroxylation sites is 2. The zero-order chi connectivity index (χ0) is 28.6. The Bertz CT molecular complexity index is 1760. The van der Waals surface area contributed by atoms with E-state index in [4.69, 9.17) is 21.1 Å². The minimum Gasteiger partial charge on any atom is -0.490 e. The molecule has 8 nitrogen and oxygen atoms in total. The summed E-state index contributed by atoms with van der Waals surface area (Å²) < 4.78 is 41.6. The number of nitrogens with zero attached hydrogens (tertiary/aromatic N) is 3. The minimum atomic E-state index is -3.72. The summed E-state index contributed by atoms with van der Waals surface area (Å²) in [6.45, 7) is 4.71. The van der Waals surface area contributed by atoms with E-state index in [1.165, 1.54) is 4.31 Å². The van der Waals surface area contributed by atoms with Gasteiger partial charge in [0, 0.05) is 53.4 Å². The van der Waals surface area contributed by atoms with Crippen LogP contribution >= 0.6 is 11.6 Å². The van der Waals surface area contributed by atoms with Gasteiger partial charge in [-0.15, -0.1) is 0 Å².